The number of nitrogens with zero attached hydrogens (tertiary/aromatic N) is 5. The van der Waals surface area contributed by atoms with E-state index < -0.39 is 58.3 Å². The number of ether oxygens (including phenoxy) is 1. The summed E-state index contributed by atoms with van der Waals surface area (Å²) in [5.74, 6) is -2.49. The predicted molar refractivity (Wildman–Crippen MR) is 170 cm³/mol. The number of phenolic OH excluding ortho intramolecular Hbond substituents is 1. The molecule has 3 aliphatic heterocycles. The molecule has 4 atom stereocenters. The van der Waals surface area contributed by atoms with Gasteiger partial charge in [-0.15, -0.1) is 11.3 Å². The number of rotatable bonds is 8. The molecule has 10 nitrogen and oxygen atoms in total. The van der Waals surface area contributed by atoms with Crippen LogP contribution < -0.4 is 15.8 Å². The third-order valence-electron chi connectivity index (χ3n) is 9.57. The number of thiophene rings is 1. The number of nitrogens with one attached hydrogen (secondary N) is 1. The molecule has 3 saturated heterocycles. The number of anilines is 2. The van der Waals surface area contributed by atoms with Gasteiger partial charge in [-0.2, -0.15) is 15.2 Å². The highest BCUT2D eigenvalue weighted by atomic mass is 35.5. The fraction of sp³-hybridized carbons (Fsp3) is 0.452. The van der Waals surface area contributed by atoms with Crippen LogP contribution in [0.15, 0.2) is 12.1 Å². The molecule has 7 rings (SSSR count). The van der Waals surface area contributed by atoms with E-state index in [-0.39, 0.29) is 81.7 Å². The standard InChI is InChI=1S/C31H29ClF5N7O3S/c32-21-19(15-2-3-17(34)25-18(15)16(9-38)27(39)48-25)22(35)23-20(24(21)45)28(40-14-4-7-43(11-14)29(46)26(36)37)42-30(41-23)47-12-31-5-1-6-44(31)10-13(33)8-31/h2-3,13-14,26,29,45-46H,1,4-8,10-12,39H2,(H,40,41,42)/t13-,14+,29?,31+/m1/s1. The number of aromatic hydroxyl groups is 1. The van der Waals surface area contributed by atoms with Crippen molar-refractivity contribution < 1.29 is 36.9 Å². The molecule has 254 valence electrons. The smallest absolute Gasteiger partial charge is 0.319 e. The van der Waals surface area contributed by atoms with Gasteiger partial charge in [0.25, 0.3) is 6.43 Å². The van der Waals surface area contributed by atoms with E-state index in [0.29, 0.717) is 19.4 Å². The minimum absolute atomic E-state index is 0.00248. The fourth-order valence-electron chi connectivity index (χ4n) is 7.33. The number of benzene rings is 2. The summed E-state index contributed by atoms with van der Waals surface area (Å²) in [6, 6.07) is 3.34. The summed E-state index contributed by atoms with van der Waals surface area (Å²) in [6.45, 7) is 1.07. The van der Waals surface area contributed by atoms with Gasteiger partial charge in [0.1, 0.15) is 46.8 Å². The number of aliphatic hydroxyl groups excluding tert-OH is 1. The lowest BCUT2D eigenvalue weighted by Gasteiger charge is -2.31. The highest BCUT2D eigenvalue weighted by Gasteiger charge is 2.49. The van der Waals surface area contributed by atoms with Crippen molar-refractivity contribution in [3.8, 4) is 29.0 Å². The number of fused-ring (bicyclic) bond motifs is 3. The van der Waals surface area contributed by atoms with E-state index in [0.717, 1.165) is 23.8 Å². The topological polar surface area (TPSA) is 144 Å². The van der Waals surface area contributed by atoms with Gasteiger partial charge in [0.15, 0.2) is 12.0 Å². The van der Waals surface area contributed by atoms with Gasteiger partial charge in [0, 0.05) is 43.0 Å². The maximum atomic E-state index is 16.8. The SMILES string of the molecule is N#Cc1c(N)sc2c(F)ccc(-c3c(Cl)c(O)c4c(N[C@H]5CCN(C(O)C(F)F)C5)nc(OC[C@@]56CCCN5C[C@H](F)C6)nc4c3F)c12. The Morgan fingerprint density at radius 3 is 2.77 bits per heavy atom. The van der Waals surface area contributed by atoms with Crippen molar-refractivity contribution in [2.75, 3.05) is 43.8 Å². The summed E-state index contributed by atoms with van der Waals surface area (Å²) in [5, 5.41) is 33.5. The van der Waals surface area contributed by atoms with Gasteiger partial charge >= 0.3 is 6.01 Å². The number of likely N-dealkylation sites (tertiary alicyclic amines) is 1. The Labute approximate surface area is 279 Å². The van der Waals surface area contributed by atoms with E-state index in [4.69, 9.17) is 22.1 Å². The lowest BCUT2D eigenvalue weighted by molar-refractivity contribution is -0.0917. The molecule has 0 spiro atoms. The summed E-state index contributed by atoms with van der Waals surface area (Å²) in [6.07, 6.45) is -3.95. The molecule has 5 heterocycles. The molecule has 0 amide bonds. The van der Waals surface area contributed by atoms with Crippen LogP contribution in [0.5, 0.6) is 11.8 Å². The average Bonchev–Trinajstić information content (AvgIpc) is 3.82. The highest BCUT2D eigenvalue weighted by molar-refractivity contribution is 7.23. The first kappa shape index (κ1) is 32.8. The van der Waals surface area contributed by atoms with Crippen molar-refractivity contribution in [3.63, 3.8) is 0 Å². The maximum Gasteiger partial charge on any atom is 0.319 e. The van der Waals surface area contributed by atoms with Crippen molar-refractivity contribution in [3.05, 3.63) is 34.4 Å². The van der Waals surface area contributed by atoms with Crippen molar-refractivity contribution in [1.82, 2.24) is 19.8 Å². The summed E-state index contributed by atoms with van der Waals surface area (Å²) in [5.41, 5.74) is 4.48. The minimum Gasteiger partial charge on any atom is -0.506 e. The lowest BCUT2D eigenvalue weighted by atomic mass is 9.95. The second-order valence-electron chi connectivity index (χ2n) is 12.4. The van der Waals surface area contributed by atoms with Crippen molar-refractivity contribution in [2.24, 2.45) is 0 Å². The van der Waals surface area contributed by atoms with Gasteiger partial charge < -0.3 is 26.0 Å². The summed E-state index contributed by atoms with van der Waals surface area (Å²) in [7, 11) is 0. The third-order valence-corrected chi connectivity index (χ3v) is 11.0. The van der Waals surface area contributed by atoms with Crippen LogP contribution >= 0.6 is 22.9 Å². The Balaban J connectivity index is 1.36. The Morgan fingerprint density at radius 1 is 1.23 bits per heavy atom. The number of nitriles is 1. The van der Waals surface area contributed by atoms with Crippen LogP contribution in [0.1, 0.15) is 31.2 Å². The van der Waals surface area contributed by atoms with Crippen LogP contribution in [0, 0.1) is 23.0 Å². The van der Waals surface area contributed by atoms with Gasteiger partial charge in [-0.1, -0.05) is 17.7 Å². The normalized spacial score (nSPS) is 23.7. The number of aromatic nitrogens is 2. The van der Waals surface area contributed by atoms with Gasteiger partial charge in [-0.25, -0.2) is 22.0 Å². The zero-order valence-electron chi connectivity index (χ0n) is 25.1. The number of phenols is 1. The van der Waals surface area contributed by atoms with Crippen molar-refractivity contribution in [1.29, 1.82) is 5.26 Å². The number of aliphatic hydroxyl groups is 1. The molecule has 0 saturated carbocycles. The minimum atomic E-state index is -2.99. The molecule has 1 unspecified atom stereocenters. The van der Waals surface area contributed by atoms with Crippen molar-refractivity contribution >= 4 is 54.7 Å². The molecule has 4 aromatic rings. The van der Waals surface area contributed by atoms with E-state index in [1.165, 1.54) is 11.0 Å². The Morgan fingerprint density at radius 2 is 2.02 bits per heavy atom. The molecular weight excluding hydrogens is 681 g/mol. The lowest BCUT2D eigenvalue weighted by Crippen LogP contribution is -2.43. The molecular formula is C31H29ClF5N7O3S. The predicted octanol–water partition coefficient (Wildman–Crippen LogP) is 5.63. The van der Waals surface area contributed by atoms with E-state index in [1.54, 1.807) is 0 Å². The van der Waals surface area contributed by atoms with Crippen LogP contribution in [0.2, 0.25) is 5.02 Å². The highest BCUT2D eigenvalue weighted by Crippen LogP contribution is 2.49. The molecule has 5 N–H and O–H groups in total. The van der Waals surface area contributed by atoms with Gasteiger partial charge in [-0.3, -0.25) is 9.80 Å². The third kappa shape index (κ3) is 5.32. The molecule has 2 aromatic carbocycles. The zero-order valence-corrected chi connectivity index (χ0v) is 26.7. The van der Waals surface area contributed by atoms with Gasteiger partial charge in [-0.05, 0) is 37.4 Å². The second kappa shape index (κ2) is 12.3. The summed E-state index contributed by atoms with van der Waals surface area (Å²) in [4.78, 5) is 11.9. The molecule has 3 aliphatic rings. The number of nitrogens with two attached hydrogens (primary N) is 1. The van der Waals surface area contributed by atoms with E-state index in [2.05, 4.69) is 15.3 Å². The second-order valence-corrected chi connectivity index (χ2v) is 13.8. The van der Waals surface area contributed by atoms with Crippen LogP contribution in [-0.2, 0) is 0 Å². The average molecular weight is 710 g/mol. The van der Waals surface area contributed by atoms with Crippen LogP contribution in [0.4, 0.5) is 32.8 Å². The van der Waals surface area contributed by atoms with Crippen molar-refractivity contribution in [2.45, 2.75) is 56.1 Å². The Bertz CT molecular complexity index is 1980. The number of hydrogen-bond donors (Lipinski definition) is 4. The van der Waals surface area contributed by atoms with E-state index >= 15 is 4.39 Å². The molecule has 48 heavy (non-hydrogen) atoms. The van der Waals surface area contributed by atoms with E-state index in [9.17, 15) is 33.0 Å². The largest absolute Gasteiger partial charge is 0.506 e. The van der Waals surface area contributed by atoms with Gasteiger partial charge in [0.2, 0.25) is 0 Å². The van der Waals surface area contributed by atoms with E-state index in [1.807, 2.05) is 11.0 Å². The first-order valence-corrected chi connectivity index (χ1v) is 16.4. The molecule has 0 radical (unpaired) electrons. The van der Waals surface area contributed by atoms with Crippen LogP contribution in [-0.4, -0.2) is 93.2 Å². The molecule has 0 aliphatic carbocycles. The summed E-state index contributed by atoms with van der Waals surface area (Å²) >= 11 is 7.44. The first-order chi connectivity index (χ1) is 22.9. The molecule has 0 bridgehead atoms. The monoisotopic (exact) mass is 709 g/mol. The molecule has 17 heteroatoms. The molecule has 2 aromatic heterocycles. The van der Waals surface area contributed by atoms with Crippen LogP contribution in [0.25, 0.3) is 32.1 Å². The summed E-state index contributed by atoms with van der Waals surface area (Å²) < 4.78 is 78.5. The Hall–Kier alpha value is -3.75. The quantitative estimate of drug-likeness (QED) is 0.170. The zero-order chi connectivity index (χ0) is 34.1. The number of halogens is 6. The first-order valence-electron chi connectivity index (χ1n) is 15.2. The Kier molecular flexibility index (Phi) is 8.39. The molecule has 3 fully saturated rings. The number of hydrogen-bond acceptors (Lipinski definition) is 11. The number of alkyl halides is 3. The van der Waals surface area contributed by atoms with Crippen LogP contribution in [0.3, 0.4) is 0 Å². The van der Waals surface area contributed by atoms with Gasteiger partial charge in [0.05, 0.1) is 26.2 Å². The number of nitrogen functional groups attached to an aromatic ring is 1. The fourth-order valence-corrected chi connectivity index (χ4v) is 8.55. The maximum absolute atomic E-state index is 16.8.